The van der Waals surface area contributed by atoms with Gasteiger partial charge in [-0.25, -0.2) is 0 Å². The van der Waals surface area contributed by atoms with Gasteiger partial charge in [-0.15, -0.1) is 11.3 Å². The summed E-state index contributed by atoms with van der Waals surface area (Å²) in [6, 6.07) is 4.40. The van der Waals surface area contributed by atoms with Crippen molar-refractivity contribution in [2.75, 3.05) is 25.9 Å². The summed E-state index contributed by atoms with van der Waals surface area (Å²) in [4.78, 5) is 41.3. The summed E-state index contributed by atoms with van der Waals surface area (Å²) < 4.78 is 46.9. The summed E-state index contributed by atoms with van der Waals surface area (Å²) in [5, 5.41) is 3.30. The van der Waals surface area contributed by atoms with E-state index in [0.29, 0.717) is 41.7 Å². The Morgan fingerprint density at radius 1 is 1.27 bits per heavy atom. The molecule has 1 saturated heterocycles. The van der Waals surface area contributed by atoms with E-state index in [1.54, 1.807) is 4.90 Å². The smallest absolute Gasteiger partial charge is 0.419 e. The van der Waals surface area contributed by atoms with Crippen molar-refractivity contribution < 1.29 is 32.3 Å². The number of amides is 2. The Labute approximate surface area is 237 Å². The largest absolute Gasteiger partial charge is 0.496 e. The number of thiophene rings is 1. The maximum absolute atomic E-state index is 13.9. The number of anilines is 1. The van der Waals surface area contributed by atoms with Gasteiger partial charge in [-0.2, -0.15) is 13.2 Å². The third-order valence-corrected chi connectivity index (χ3v) is 8.98. The molecule has 2 aromatic carbocycles. The van der Waals surface area contributed by atoms with Crippen LogP contribution in [0.5, 0.6) is 5.75 Å². The van der Waals surface area contributed by atoms with Crippen LogP contribution in [0.2, 0.25) is 0 Å². The number of ketones is 1. The van der Waals surface area contributed by atoms with Crippen molar-refractivity contribution in [3.05, 3.63) is 70.1 Å². The molecule has 41 heavy (non-hydrogen) atoms. The molecule has 7 N–H and O–H groups in total. The molecule has 3 aromatic rings. The van der Waals surface area contributed by atoms with Gasteiger partial charge in [-0.05, 0) is 48.2 Å². The maximum Gasteiger partial charge on any atom is 0.419 e. The van der Waals surface area contributed by atoms with Crippen molar-refractivity contribution in [1.82, 2.24) is 10.2 Å². The summed E-state index contributed by atoms with van der Waals surface area (Å²) >= 11 is 1.03. The highest BCUT2D eigenvalue weighted by molar-refractivity contribution is 7.21. The molecule has 9 nitrogen and oxygen atoms in total. The van der Waals surface area contributed by atoms with Crippen LogP contribution >= 0.6 is 11.3 Å². The number of rotatable bonds is 5. The molecule has 0 saturated carbocycles. The molecule has 216 valence electrons. The van der Waals surface area contributed by atoms with Crippen molar-refractivity contribution in [1.29, 1.82) is 0 Å². The lowest BCUT2D eigenvalue weighted by atomic mass is 9.70. The van der Waals surface area contributed by atoms with Crippen molar-refractivity contribution in [2.45, 2.75) is 36.6 Å². The van der Waals surface area contributed by atoms with E-state index in [1.165, 1.54) is 24.3 Å². The van der Waals surface area contributed by atoms with Gasteiger partial charge in [0.15, 0.2) is 5.78 Å². The first-order valence-corrected chi connectivity index (χ1v) is 13.6. The highest BCUT2D eigenvalue weighted by atomic mass is 32.1. The molecule has 1 aromatic heterocycles. The van der Waals surface area contributed by atoms with Gasteiger partial charge >= 0.3 is 6.18 Å². The van der Waals surface area contributed by atoms with Gasteiger partial charge in [0.2, 0.25) is 5.91 Å². The Kier molecular flexibility index (Phi) is 7.08. The molecule has 5 rings (SSSR count). The molecule has 3 atom stereocenters. The van der Waals surface area contributed by atoms with E-state index in [-0.39, 0.29) is 33.5 Å². The number of nitrogens with one attached hydrogen (secondary N) is 1. The predicted molar refractivity (Wildman–Crippen MR) is 148 cm³/mol. The van der Waals surface area contributed by atoms with Crippen molar-refractivity contribution in [2.24, 2.45) is 11.5 Å². The topological polar surface area (TPSA) is 154 Å². The Bertz CT molecular complexity index is 1600. The van der Waals surface area contributed by atoms with Gasteiger partial charge in [-0.3, -0.25) is 14.4 Å². The van der Waals surface area contributed by atoms with Crippen LogP contribution in [0.25, 0.3) is 10.1 Å². The molecule has 2 amide bonds. The molecular formula is C28H28F3N5O4S. The number of nitrogen functional groups attached to an aromatic ring is 1. The van der Waals surface area contributed by atoms with Crippen LogP contribution in [0.4, 0.5) is 18.9 Å². The predicted octanol–water partition coefficient (Wildman–Crippen LogP) is 3.20. The summed E-state index contributed by atoms with van der Waals surface area (Å²) in [5.74, 6) is -1.94. The zero-order valence-corrected chi connectivity index (χ0v) is 22.8. The number of carbonyl (C=O) groups is 3. The summed E-state index contributed by atoms with van der Waals surface area (Å²) in [6.45, 7) is 4.34. The normalized spacial score (nSPS) is 22.5. The Hall–Kier alpha value is -3.94. The molecule has 0 radical (unpaired) electrons. The number of nitrogens with zero attached hydrogens (tertiary/aromatic N) is 1. The molecule has 0 bridgehead atoms. The summed E-state index contributed by atoms with van der Waals surface area (Å²) in [6.07, 6.45) is -2.25. The SMILES string of the molecule is C=CC(=O)N1CCCC(NC(=O)c2sc3c(N)ccc4c3c2C(N)C(=O)C4(N)c2ccc(OC)c(C(F)(F)F)c2)C1. The fourth-order valence-electron chi connectivity index (χ4n) is 5.70. The average molecular weight is 588 g/mol. The second-order valence-electron chi connectivity index (χ2n) is 10.1. The van der Waals surface area contributed by atoms with Crippen molar-refractivity contribution in [3.63, 3.8) is 0 Å². The second kappa shape index (κ2) is 10.2. The quantitative estimate of drug-likeness (QED) is 0.264. The van der Waals surface area contributed by atoms with Crippen LogP contribution in [0.3, 0.4) is 0 Å². The van der Waals surface area contributed by atoms with E-state index in [9.17, 15) is 27.6 Å². The molecule has 1 aliphatic carbocycles. The first kappa shape index (κ1) is 28.6. The lowest BCUT2D eigenvalue weighted by Gasteiger charge is -2.37. The minimum atomic E-state index is -4.78. The number of carbonyl (C=O) groups excluding carboxylic acids is 3. The monoisotopic (exact) mass is 587 g/mol. The van der Waals surface area contributed by atoms with Gasteiger partial charge in [0.1, 0.15) is 11.3 Å². The van der Waals surface area contributed by atoms with Gasteiger partial charge in [0.05, 0.1) is 28.3 Å². The van der Waals surface area contributed by atoms with E-state index in [2.05, 4.69) is 11.9 Å². The standard InChI is InChI=1S/C28H28F3N5O4S/c1-3-19(37)36-10-4-5-14(12-36)35-26(39)24-21-20-15(7-8-17(32)23(20)41-24)27(34,25(38)22(21)33)13-6-9-18(40-2)16(11-13)28(29,30)31/h3,6-9,11,14,22H,1,4-5,10,12,32-34H2,2H3,(H,35,39). The van der Waals surface area contributed by atoms with Crippen molar-refractivity contribution in [3.8, 4) is 5.75 Å². The lowest BCUT2D eigenvalue weighted by molar-refractivity contribution is -0.139. The Morgan fingerprint density at radius 2 is 2.00 bits per heavy atom. The van der Waals surface area contributed by atoms with Gasteiger partial charge in [0, 0.05) is 35.8 Å². The van der Waals surface area contributed by atoms with Crippen LogP contribution in [0.1, 0.15) is 50.8 Å². The van der Waals surface area contributed by atoms with E-state index in [4.69, 9.17) is 21.9 Å². The number of ether oxygens (including phenoxy) is 1. The first-order chi connectivity index (χ1) is 19.3. The third-order valence-electron chi connectivity index (χ3n) is 7.72. The number of benzene rings is 2. The molecule has 1 fully saturated rings. The highest BCUT2D eigenvalue weighted by Gasteiger charge is 2.50. The van der Waals surface area contributed by atoms with Crippen LogP contribution in [0.15, 0.2) is 43.0 Å². The zero-order valence-electron chi connectivity index (χ0n) is 22.0. The van der Waals surface area contributed by atoms with Crippen molar-refractivity contribution >= 4 is 44.7 Å². The fraction of sp³-hybridized carbons (Fsp3) is 0.321. The number of methoxy groups -OCH3 is 1. The van der Waals surface area contributed by atoms with E-state index >= 15 is 0 Å². The maximum atomic E-state index is 13.9. The van der Waals surface area contributed by atoms with E-state index in [1.807, 2.05) is 0 Å². The average Bonchev–Trinajstić information content (AvgIpc) is 3.36. The number of nitrogens with two attached hydrogens (primary N) is 3. The zero-order chi connectivity index (χ0) is 29.9. The molecule has 13 heteroatoms. The number of alkyl halides is 3. The minimum absolute atomic E-state index is 0.130. The number of hydrogen-bond donors (Lipinski definition) is 4. The fourth-order valence-corrected chi connectivity index (χ4v) is 6.90. The van der Waals surface area contributed by atoms with Crippen LogP contribution in [0, 0.1) is 0 Å². The summed E-state index contributed by atoms with van der Waals surface area (Å²) in [5.41, 5.74) is 16.8. The van der Waals surface area contributed by atoms with Gasteiger partial charge < -0.3 is 32.2 Å². The molecule has 1 aliphatic heterocycles. The van der Waals surface area contributed by atoms with Gasteiger partial charge in [0.25, 0.3) is 5.91 Å². The first-order valence-electron chi connectivity index (χ1n) is 12.7. The molecule has 2 aliphatic rings. The highest BCUT2D eigenvalue weighted by Crippen LogP contribution is 2.50. The van der Waals surface area contributed by atoms with Crippen LogP contribution < -0.4 is 27.3 Å². The number of likely N-dealkylation sites (tertiary alicyclic amines) is 1. The molecule has 3 unspecified atom stereocenters. The Morgan fingerprint density at radius 3 is 2.66 bits per heavy atom. The summed E-state index contributed by atoms with van der Waals surface area (Å²) in [7, 11) is 1.11. The number of halogens is 3. The van der Waals surface area contributed by atoms with Crippen LogP contribution in [-0.2, 0) is 21.3 Å². The number of piperidine rings is 1. The minimum Gasteiger partial charge on any atom is -0.496 e. The number of hydrogen-bond acceptors (Lipinski definition) is 8. The van der Waals surface area contributed by atoms with Crippen LogP contribution in [-0.4, -0.2) is 48.7 Å². The van der Waals surface area contributed by atoms with E-state index in [0.717, 1.165) is 30.6 Å². The Balaban J connectivity index is 1.62. The van der Waals surface area contributed by atoms with Gasteiger partial charge in [-0.1, -0.05) is 18.7 Å². The second-order valence-corrected chi connectivity index (χ2v) is 11.1. The third kappa shape index (κ3) is 4.53. The lowest BCUT2D eigenvalue weighted by Crippen LogP contribution is -2.53. The molecule has 2 heterocycles. The van der Waals surface area contributed by atoms with E-state index < -0.39 is 40.8 Å². The number of Topliss-reactive ketones (excluding diaryl/α,β-unsaturated/α-hetero) is 1. The molecular weight excluding hydrogens is 559 g/mol. The molecule has 0 spiro atoms.